The molecule has 2 saturated heterocycles. The summed E-state index contributed by atoms with van der Waals surface area (Å²) in [5, 5.41) is 15.6. The van der Waals surface area contributed by atoms with Crippen LogP contribution < -0.4 is 15.8 Å². The maximum atomic E-state index is 13.7. The van der Waals surface area contributed by atoms with E-state index in [0.717, 1.165) is 29.8 Å². The van der Waals surface area contributed by atoms with E-state index in [9.17, 15) is 14.7 Å². The second kappa shape index (κ2) is 11.1. The van der Waals surface area contributed by atoms with Gasteiger partial charge < -0.3 is 24.8 Å². The highest BCUT2D eigenvalue weighted by Gasteiger charge is 2.48. The number of aromatic nitrogens is 3. The Balaban J connectivity index is 1.14. The highest BCUT2D eigenvalue weighted by molar-refractivity contribution is 5.86. The summed E-state index contributed by atoms with van der Waals surface area (Å²) in [4.78, 5) is 35.6. The van der Waals surface area contributed by atoms with Gasteiger partial charge in [0.1, 0.15) is 0 Å². The molecule has 41 heavy (non-hydrogen) atoms. The SMILES string of the molecule is CN(C)c1cccc(-n2ccc3c(=O)n(CC4CCN(C(=O)[C@@]5(O)CCNC[C@H]5c5ccccc5)CC4)cnc32)c1. The summed E-state index contributed by atoms with van der Waals surface area (Å²) < 4.78 is 3.66. The van der Waals surface area contributed by atoms with Gasteiger partial charge in [-0.2, -0.15) is 0 Å². The highest BCUT2D eigenvalue weighted by Crippen LogP contribution is 2.36. The smallest absolute Gasteiger partial charge is 0.262 e. The summed E-state index contributed by atoms with van der Waals surface area (Å²) in [7, 11) is 4.00. The van der Waals surface area contributed by atoms with Crippen molar-refractivity contribution in [1.82, 2.24) is 24.3 Å². The molecule has 2 aromatic carbocycles. The molecule has 4 aromatic rings. The van der Waals surface area contributed by atoms with Crippen LogP contribution in [0.25, 0.3) is 16.7 Å². The van der Waals surface area contributed by atoms with Crippen LogP contribution in [0.1, 0.15) is 30.7 Å². The standard InChI is InChI=1S/C32H38N6O3/c1-35(2)25-9-6-10-26(19-25)38-18-13-27-29(38)34-22-37(30(27)39)21-23-11-16-36(17-12-23)31(40)32(41)14-15-33-20-28(32)24-7-4-3-5-8-24/h3-10,13,18-19,22-23,28,33,41H,11-12,14-17,20-21H2,1-2H3/t28-,32+/m0/s1. The zero-order valence-corrected chi connectivity index (χ0v) is 23.7. The Kier molecular flexibility index (Phi) is 7.40. The maximum Gasteiger partial charge on any atom is 0.262 e. The number of carbonyl (C=O) groups is 1. The van der Waals surface area contributed by atoms with Crippen molar-refractivity contribution in [3.05, 3.63) is 89.1 Å². The summed E-state index contributed by atoms with van der Waals surface area (Å²) in [6, 6.07) is 19.8. The van der Waals surface area contributed by atoms with Crippen molar-refractivity contribution in [3.63, 3.8) is 0 Å². The van der Waals surface area contributed by atoms with E-state index in [1.807, 2.05) is 89.3 Å². The third-order valence-corrected chi connectivity index (χ3v) is 8.83. The van der Waals surface area contributed by atoms with Gasteiger partial charge in [-0.25, -0.2) is 4.98 Å². The number of likely N-dealkylation sites (tertiary alicyclic amines) is 1. The van der Waals surface area contributed by atoms with E-state index in [1.165, 1.54) is 0 Å². The first-order valence-corrected chi connectivity index (χ1v) is 14.5. The minimum atomic E-state index is -1.41. The fourth-order valence-corrected chi connectivity index (χ4v) is 6.39. The Hall–Kier alpha value is -3.95. The van der Waals surface area contributed by atoms with E-state index < -0.39 is 5.60 Å². The lowest BCUT2D eigenvalue weighted by molar-refractivity contribution is -0.158. The van der Waals surface area contributed by atoms with Crippen LogP contribution in [0.2, 0.25) is 0 Å². The molecule has 0 aliphatic carbocycles. The summed E-state index contributed by atoms with van der Waals surface area (Å²) in [5.41, 5.74) is 2.19. The molecule has 2 aromatic heterocycles. The van der Waals surface area contributed by atoms with Crippen molar-refractivity contribution in [1.29, 1.82) is 0 Å². The number of fused-ring (bicyclic) bond motifs is 1. The molecule has 4 heterocycles. The van der Waals surface area contributed by atoms with Crippen molar-refractivity contribution in [2.45, 2.75) is 37.3 Å². The molecule has 0 bridgehead atoms. The fraction of sp³-hybridized carbons (Fsp3) is 0.406. The van der Waals surface area contributed by atoms with Crippen molar-refractivity contribution < 1.29 is 9.90 Å². The van der Waals surface area contributed by atoms with Gasteiger partial charge in [0.15, 0.2) is 11.2 Å². The summed E-state index contributed by atoms with van der Waals surface area (Å²) >= 11 is 0. The summed E-state index contributed by atoms with van der Waals surface area (Å²) in [6.07, 6.45) is 5.50. The van der Waals surface area contributed by atoms with Crippen LogP contribution in [0.15, 0.2) is 78.0 Å². The second-order valence-electron chi connectivity index (χ2n) is 11.6. The normalized spacial score (nSPS) is 21.7. The third-order valence-electron chi connectivity index (χ3n) is 8.83. The number of nitrogens with zero attached hydrogens (tertiary/aromatic N) is 5. The molecule has 0 saturated carbocycles. The monoisotopic (exact) mass is 554 g/mol. The number of nitrogens with one attached hydrogen (secondary N) is 1. The lowest BCUT2D eigenvalue weighted by Gasteiger charge is -2.43. The third kappa shape index (κ3) is 5.15. The number of carbonyl (C=O) groups excluding carboxylic acids is 1. The molecule has 9 nitrogen and oxygen atoms in total. The largest absolute Gasteiger partial charge is 0.379 e. The van der Waals surface area contributed by atoms with Gasteiger partial charge in [0, 0.05) is 63.8 Å². The predicted molar refractivity (Wildman–Crippen MR) is 161 cm³/mol. The maximum absolute atomic E-state index is 13.7. The van der Waals surface area contributed by atoms with Gasteiger partial charge in [-0.1, -0.05) is 36.4 Å². The van der Waals surface area contributed by atoms with Gasteiger partial charge in [-0.05, 0) is 61.6 Å². The van der Waals surface area contributed by atoms with Gasteiger partial charge in [-0.15, -0.1) is 0 Å². The van der Waals surface area contributed by atoms with Crippen LogP contribution in [0.3, 0.4) is 0 Å². The molecular formula is C32H38N6O3. The first-order chi connectivity index (χ1) is 19.8. The molecule has 2 atom stereocenters. The molecule has 0 unspecified atom stereocenters. The molecule has 2 N–H and O–H groups in total. The Bertz CT molecular complexity index is 1590. The van der Waals surface area contributed by atoms with Gasteiger partial charge in [0.25, 0.3) is 11.5 Å². The van der Waals surface area contributed by atoms with Gasteiger partial charge in [-0.3, -0.25) is 14.2 Å². The van der Waals surface area contributed by atoms with E-state index in [-0.39, 0.29) is 23.3 Å². The van der Waals surface area contributed by atoms with Gasteiger partial charge in [0.2, 0.25) is 0 Å². The molecule has 0 spiro atoms. The molecular weight excluding hydrogens is 516 g/mol. The Labute approximate surface area is 240 Å². The van der Waals surface area contributed by atoms with Crippen LogP contribution in [0.5, 0.6) is 0 Å². The molecule has 2 aliphatic heterocycles. The average Bonchev–Trinajstić information content (AvgIpc) is 3.44. The average molecular weight is 555 g/mol. The van der Waals surface area contributed by atoms with Crippen LogP contribution >= 0.6 is 0 Å². The number of amides is 1. The quantitative estimate of drug-likeness (QED) is 0.381. The predicted octanol–water partition coefficient (Wildman–Crippen LogP) is 3.00. The van der Waals surface area contributed by atoms with E-state index in [4.69, 9.17) is 0 Å². The summed E-state index contributed by atoms with van der Waals surface area (Å²) in [5.74, 6) is -0.203. The van der Waals surface area contributed by atoms with Gasteiger partial charge >= 0.3 is 0 Å². The van der Waals surface area contributed by atoms with Crippen molar-refractivity contribution >= 4 is 22.6 Å². The van der Waals surface area contributed by atoms with Crippen LogP contribution in [0.4, 0.5) is 5.69 Å². The zero-order chi connectivity index (χ0) is 28.6. The molecule has 0 radical (unpaired) electrons. The number of hydrogen-bond donors (Lipinski definition) is 2. The number of aliphatic hydroxyl groups is 1. The van der Waals surface area contributed by atoms with E-state index >= 15 is 0 Å². The second-order valence-corrected chi connectivity index (χ2v) is 11.6. The van der Waals surface area contributed by atoms with Crippen molar-refractivity contribution in [2.24, 2.45) is 5.92 Å². The number of benzene rings is 2. The Morgan fingerprint density at radius 2 is 1.88 bits per heavy atom. The van der Waals surface area contributed by atoms with Crippen molar-refractivity contribution in [3.8, 4) is 5.69 Å². The van der Waals surface area contributed by atoms with Crippen molar-refractivity contribution in [2.75, 3.05) is 45.2 Å². The molecule has 2 fully saturated rings. The molecule has 1 amide bonds. The van der Waals surface area contributed by atoms with E-state index in [0.29, 0.717) is 50.2 Å². The van der Waals surface area contributed by atoms with Crippen LogP contribution in [0, 0.1) is 5.92 Å². The highest BCUT2D eigenvalue weighted by atomic mass is 16.3. The minimum Gasteiger partial charge on any atom is -0.379 e. The van der Waals surface area contributed by atoms with Gasteiger partial charge in [0.05, 0.1) is 11.7 Å². The molecule has 214 valence electrons. The van der Waals surface area contributed by atoms with Crippen LogP contribution in [-0.4, -0.2) is 75.9 Å². The van der Waals surface area contributed by atoms with E-state index in [1.54, 1.807) is 10.9 Å². The first kappa shape index (κ1) is 27.2. The Morgan fingerprint density at radius 3 is 2.63 bits per heavy atom. The van der Waals surface area contributed by atoms with E-state index in [2.05, 4.69) is 16.4 Å². The lowest BCUT2D eigenvalue weighted by atomic mass is 9.76. The molecule has 6 rings (SSSR count). The first-order valence-electron chi connectivity index (χ1n) is 14.5. The molecule has 9 heteroatoms. The number of hydrogen-bond acceptors (Lipinski definition) is 6. The number of piperidine rings is 2. The van der Waals surface area contributed by atoms with Crippen LogP contribution in [-0.2, 0) is 11.3 Å². The zero-order valence-electron chi connectivity index (χ0n) is 23.7. The number of rotatable bonds is 6. The Morgan fingerprint density at radius 1 is 1.10 bits per heavy atom. The lowest BCUT2D eigenvalue weighted by Crippen LogP contribution is -2.59. The summed E-state index contributed by atoms with van der Waals surface area (Å²) in [6.45, 7) is 2.90. The molecule has 2 aliphatic rings. The minimum absolute atomic E-state index is 0.0502. The fourth-order valence-electron chi connectivity index (χ4n) is 6.39. The number of anilines is 1. The topological polar surface area (TPSA) is 95.6 Å².